The van der Waals surface area contributed by atoms with Crippen LogP contribution in [0.1, 0.15) is 63.5 Å². The summed E-state index contributed by atoms with van der Waals surface area (Å²) in [5.41, 5.74) is 7.91. The van der Waals surface area contributed by atoms with Crippen molar-refractivity contribution in [3.63, 3.8) is 0 Å². The summed E-state index contributed by atoms with van der Waals surface area (Å²) >= 11 is 0. The van der Waals surface area contributed by atoms with Gasteiger partial charge in [-0.15, -0.1) is 0 Å². The fraction of sp³-hybridized carbons (Fsp3) is 0.564. The van der Waals surface area contributed by atoms with Gasteiger partial charge in [-0.1, -0.05) is 74.5 Å². The number of piperidine rings is 1. The molecule has 0 unspecified atom stereocenters. The Hall–Kier alpha value is -4.21. The number of aliphatic hydroxyl groups is 2. The minimum atomic E-state index is -1.17. The van der Waals surface area contributed by atoms with Crippen molar-refractivity contribution in [1.82, 2.24) is 26.6 Å². The molecule has 0 aliphatic carbocycles. The predicted octanol–water partition coefficient (Wildman–Crippen LogP) is 0.482. The molecule has 14 heteroatoms. The number of aliphatic hydroxyl groups excluding tert-OH is 2. The van der Waals surface area contributed by atoms with Gasteiger partial charge in [0.2, 0.25) is 17.7 Å². The molecule has 5 atom stereocenters. The standard InChI is InChI=1S/C39H58N6O8/c1-26(2)21-33(45-37(50)34(23-28-13-7-4-8-14-28)44-35(48)31(40)22-27-11-5-3-6-12-27)36(49)43-32(15-9-10-18-42-24-30(47)25-46)39(52)53-38(51)29-16-19-41-20-17-29/h3-8,11-14,26,29-34,41-42,46-47H,9-10,15-25,40H2,1-2H3,(H,43,49)(H,44,48)(H,45,50)/t30-,31+,32+,33+,34+/m0/s1. The second kappa shape index (κ2) is 23.5. The molecule has 0 aromatic heterocycles. The molecule has 1 fully saturated rings. The number of benzene rings is 2. The summed E-state index contributed by atoms with van der Waals surface area (Å²) in [6.07, 6.45) is 2.00. The van der Waals surface area contributed by atoms with Gasteiger partial charge in [0.15, 0.2) is 0 Å². The number of carbonyl (C=O) groups excluding carboxylic acids is 5. The van der Waals surface area contributed by atoms with E-state index >= 15 is 0 Å². The SMILES string of the molecule is CC(C)C[C@@H](NC(=O)[C@@H](Cc1ccccc1)NC(=O)[C@H](N)Cc1ccccc1)C(=O)N[C@H](CCCCNC[C@H](O)CO)C(=O)OC(=O)C1CCNCC1. The maximum absolute atomic E-state index is 13.9. The second-order valence-corrected chi connectivity index (χ2v) is 14.1. The van der Waals surface area contributed by atoms with Crippen molar-refractivity contribution in [2.24, 2.45) is 17.6 Å². The normalized spacial score (nSPS) is 16.1. The number of hydrogen-bond acceptors (Lipinski definition) is 11. The van der Waals surface area contributed by atoms with E-state index in [1.54, 1.807) is 0 Å². The Balaban J connectivity index is 1.74. The fourth-order valence-corrected chi connectivity index (χ4v) is 6.04. The van der Waals surface area contributed by atoms with Crippen molar-refractivity contribution in [1.29, 1.82) is 0 Å². The van der Waals surface area contributed by atoms with Crippen molar-refractivity contribution >= 4 is 29.7 Å². The van der Waals surface area contributed by atoms with Crippen molar-refractivity contribution in [2.75, 3.05) is 32.8 Å². The molecule has 3 rings (SSSR count). The molecule has 1 saturated heterocycles. The molecule has 0 spiro atoms. The van der Waals surface area contributed by atoms with Crippen molar-refractivity contribution in [3.05, 3.63) is 71.8 Å². The summed E-state index contributed by atoms with van der Waals surface area (Å²) in [7, 11) is 0. The Morgan fingerprint density at radius 3 is 1.98 bits per heavy atom. The molecule has 9 N–H and O–H groups in total. The molecular formula is C39H58N6O8. The van der Waals surface area contributed by atoms with Gasteiger partial charge in [0.1, 0.15) is 18.1 Å². The van der Waals surface area contributed by atoms with E-state index < -0.39 is 65.8 Å². The van der Waals surface area contributed by atoms with Gasteiger partial charge in [-0.2, -0.15) is 0 Å². The van der Waals surface area contributed by atoms with E-state index in [1.165, 1.54) is 0 Å². The van der Waals surface area contributed by atoms with Crippen LogP contribution in [-0.4, -0.2) is 103 Å². The highest BCUT2D eigenvalue weighted by molar-refractivity contribution is 5.96. The number of ether oxygens (including phenoxy) is 1. The van der Waals surface area contributed by atoms with Gasteiger partial charge in [-0.05, 0) is 81.6 Å². The lowest BCUT2D eigenvalue weighted by molar-refractivity contribution is -0.165. The highest BCUT2D eigenvalue weighted by Crippen LogP contribution is 2.16. The number of amides is 3. The maximum atomic E-state index is 13.9. The molecule has 0 radical (unpaired) electrons. The van der Waals surface area contributed by atoms with Crippen LogP contribution in [0.5, 0.6) is 0 Å². The van der Waals surface area contributed by atoms with Crippen LogP contribution in [0.3, 0.4) is 0 Å². The summed E-state index contributed by atoms with van der Waals surface area (Å²) in [6, 6.07) is 14.2. The lowest BCUT2D eigenvalue weighted by Crippen LogP contribution is -2.58. The van der Waals surface area contributed by atoms with Crippen LogP contribution >= 0.6 is 0 Å². The van der Waals surface area contributed by atoms with Gasteiger partial charge in [-0.25, -0.2) is 4.79 Å². The third kappa shape index (κ3) is 16.1. The van der Waals surface area contributed by atoms with Crippen LogP contribution in [0.4, 0.5) is 0 Å². The zero-order valence-corrected chi connectivity index (χ0v) is 30.9. The number of hydrogen-bond donors (Lipinski definition) is 8. The Bertz CT molecular complexity index is 1420. The van der Waals surface area contributed by atoms with E-state index in [9.17, 15) is 29.1 Å². The van der Waals surface area contributed by atoms with Crippen molar-refractivity contribution in [3.8, 4) is 0 Å². The average Bonchev–Trinajstić information content (AvgIpc) is 3.15. The molecule has 14 nitrogen and oxygen atoms in total. The third-order valence-electron chi connectivity index (χ3n) is 9.05. The monoisotopic (exact) mass is 738 g/mol. The molecule has 1 heterocycles. The van der Waals surface area contributed by atoms with E-state index in [2.05, 4.69) is 26.6 Å². The van der Waals surface area contributed by atoms with Crippen LogP contribution in [0.2, 0.25) is 0 Å². The van der Waals surface area contributed by atoms with E-state index in [0.717, 1.165) is 11.1 Å². The van der Waals surface area contributed by atoms with E-state index in [0.29, 0.717) is 45.3 Å². The molecule has 0 saturated carbocycles. The first-order valence-electron chi connectivity index (χ1n) is 18.7. The zero-order valence-electron chi connectivity index (χ0n) is 30.9. The Labute approximate surface area is 312 Å². The number of esters is 2. The molecule has 2 aromatic carbocycles. The molecule has 1 aliphatic heterocycles. The fourth-order valence-electron chi connectivity index (χ4n) is 6.04. The van der Waals surface area contributed by atoms with Crippen LogP contribution in [0.15, 0.2) is 60.7 Å². The molecule has 53 heavy (non-hydrogen) atoms. The van der Waals surface area contributed by atoms with E-state index in [-0.39, 0.29) is 44.8 Å². The summed E-state index contributed by atoms with van der Waals surface area (Å²) in [4.78, 5) is 67.3. The topological polar surface area (TPSA) is 221 Å². The number of rotatable bonds is 22. The minimum Gasteiger partial charge on any atom is -0.394 e. The number of nitrogens with one attached hydrogen (secondary N) is 5. The lowest BCUT2D eigenvalue weighted by Gasteiger charge is -2.27. The third-order valence-corrected chi connectivity index (χ3v) is 9.05. The predicted molar refractivity (Wildman–Crippen MR) is 200 cm³/mol. The first-order chi connectivity index (χ1) is 25.5. The summed E-state index contributed by atoms with van der Waals surface area (Å²) in [5.74, 6) is -3.71. The van der Waals surface area contributed by atoms with Crippen molar-refractivity contribution < 1.29 is 38.9 Å². The van der Waals surface area contributed by atoms with Gasteiger partial charge in [0.05, 0.1) is 24.7 Å². The van der Waals surface area contributed by atoms with Crippen LogP contribution < -0.4 is 32.3 Å². The molecule has 1 aliphatic rings. The first kappa shape index (κ1) is 43.2. The summed E-state index contributed by atoms with van der Waals surface area (Å²) in [5, 5.41) is 33.1. The van der Waals surface area contributed by atoms with Crippen LogP contribution in [-0.2, 0) is 41.6 Å². The molecule has 292 valence electrons. The largest absolute Gasteiger partial charge is 0.394 e. The Morgan fingerprint density at radius 1 is 0.811 bits per heavy atom. The highest BCUT2D eigenvalue weighted by atomic mass is 16.6. The Kier molecular flexibility index (Phi) is 19.1. The van der Waals surface area contributed by atoms with Gasteiger partial charge >= 0.3 is 11.9 Å². The van der Waals surface area contributed by atoms with E-state index in [4.69, 9.17) is 15.6 Å². The summed E-state index contributed by atoms with van der Waals surface area (Å²) < 4.78 is 5.29. The van der Waals surface area contributed by atoms with Crippen LogP contribution in [0, 0.1) is 11.8 Å². The number of unbranched alkanes of at least 4 members (excludes halogenated alkanes) is 1. The molecule has 0 bridgehead atoms. The Morgan fingerprint density at radius 2 is 1.38 bits per heavy atom. The molecule has 3 amide bonds. The number of nitrogens with two attached hydrogens (primary N) is 1. The highest BCUT2D eigenvalue weighted by Gasteiger charge is 2.33. The van der Waals surface area contributed by atoms with Gasteiger partial charge in [-0.3, -0.25) is 19.2 Å². The second-order valence-electron chi connectivity index (χ2n) is 14.1. The molecular weight excluding hydrogens is 680 g/mol. The van der Waals surface area contributed by atoms with E-state index in [1.807, 2.05) is 74.5 Å². The quantitative estimate of drug-likeness (QED) is 0.0472. The van der Waals surface area contributed by atoms with Gasteiger partial charge < -0.3 is 47.3 Å². The average molecular weight is 739 g/mol. The number of carbonyl (C=O) groups is 5. The minimum absolute atomic E-state index is 0.0419. The zero-order chi connectivity index (χ0) is 38.6. The first-order valence-corrected chi connectivity index (χ1v) is 18.7. The lowest BCUT2D eigenvalue weighted by atomic mass is 9.98. The molecule has 2 aromatic rings. The maximum Gasteiger partial charge on any atom is 0.336 e. The van der Waals surface area contributed by atoms with Crippen LogP contribution in [0.25, 0.3) is 0 Å². The van der Waals surface area contributed by atoms with Gasteiger partial charge in [0.25, 0.3) is 0 Å². The smallest absolute Gasteiger partial charge is 0.336 e. The van der Waals surface area contributed by atoms with Gasteiger partial charge in [0, 0.05) is 13.0 Å². The summed E-state index contributed by atoms with van der Waals surface area (Å²) in [6.45, 7) is 5.36. The van der Waals surface area contributed by atoms with Crippen molar-refractivity contribution in [2.45, 2.75) is 95.5 Å².